The molecule has 3 rings (SSSR count). The monoisotopic (exact) mass is 273 g/mol. The van der Waals surface area contributed by atoms with Gasteiger partial charge in [-0.1, -0.05) is 18.2 Å². The van der Waals surface area contributed by atoms with Gasteiger partial charge in [-0.15, -0.1) is 0 Å². The van der Waals surface area contributed by atoms with Crippen LogP contribution in [0.1, 0.15) is 10.4 Å². The van der Waals surface area contributed by atoms with Crippen LogP contribution in [0.2, 0.25) is 0 Å². The van der Waals surface area contributed by atoms with Gasteiger partial charge in [-0.05, 0) is 23.7 Å². The lowest BCUT2D eigenvalue weighted by Crippen LogP contribution is -2.24. The quantitative estimate of drug-likeness (QED) is 0.670. The number of para-hydroxylation sites is 1. The van der Waals surface area contributed by atoms with Crippen LogP contribution in [0, 0.1) is 0 Å². The van der Waals surface area contributed by atoms with E-state index in [-0.39, 0.29) is 5.56 Å². The van der Waals surface area contributed by atoms with Gasteiger partial charge in [-0.2, -0.15) is 4.52 Å². The van der Waals surface area contributed by atoms with E-state index < -0.39 is 10.8 Å². The van der Waals surface area contributed by atoms with E-state index >= 15 is 0 Å². The minimum Gasteiger partial charge on any atom is -0.275 e. The first-order chi connectivity index (χ1) is 9.18. The number of nitrogens with zero attached hydrogens (tertiary/aromatic N) is 3. The zero-order chi connectivity index (χ0) is 13.4. The molecule has 0 aliphatic carbocycles. The Bertz CT molecular complexity index is 821. The highest BCUT2D eigenvalue weighted by atomic mass is 35.5. The van der Waals surface area contributed by atoms with Crippen LogP contribution < -0.4 is 5.56 Å². The van der Waals surface area contributed by atoms with Gasteiger partial charge in [0, 0.05) is 18.5 Å². The van der Waals surface area contributed by atoms with Crippen molar-refractivity contribution in [1.29, 1.82) is 0 Å². The van der Waals surface area contributed by atoms with Gasteiger partial charge in [-0.25, -0.2) is 4.98 Å². The third-order valence-electron chi connectivity index (χ3n) is 2.78. The summed E-state index contributed by atoms with van der Waals surface area (Å²) in [5.74, 6) is 0. The second kappa shape index (κ2) is 4.37. The van der Waals surface area contributed by atoms with E-state index in [0.717, 1.165) is 5.69 Å². The van der Waals surface area contributed by atoms with Gasteiger partial charge in [0.2, 0.25) is 0 Å². The first-order valence-corrected chi connectivity index (χ1v) is 5.91. The number of hydrogen-bond donors (Lipinski definition) is 0. The summed E-state index contributed by atoms with van der Waals surface area (Å²) in [5.41, 5.74) is 0.616. The molecule has 0 N–H and O–H groups in total. The third-order valence-corrected chi connectivity index (χ3v) is 2.98. The summed E-state index contributed by atoms with van der Waals surface area (Å²) in [6, 6.07) is 11.0. The lowest BCUT2D eigenvalue weighted by Gasteiger charge is -2.06. The molecule has 6 heteroatoms. The van der Waals surface area contributed by atoms with Gasteiger partial charge >= 0.3 is 0 Å². The molecule has 0 fully saturated rings. The van der Waals surface area contributed by atoms with Crippen molar-refractivity contribution in [3.8, 4) is 5.69 Å². The lowest BCUT2D eigenvalue weighted by molar-refractivity contribution is 0.107. The molecule has 2 aromatic heterocycles. The maximum absolute atomic E-state index is 12.2. The Morgan fingerprint density at radius 2 is 1.89 bits per heavy atom. The summed E-state index contributed by atoms with van der Waals surface area (Å²) in [6.45, 7) is 0. The highest BCUT2D eigenvalue weighted by molar-refractivity contribution is 6.67. The Morgan fingerprint density at radius 3 is 2.58 bits per heavy atom. The maximum Gasteiger partial charge on any atom is 0.285 e. The Morgan fingerprint density at radius 1 is 1.16 bits per heavy atom. The zero-order valence-electron chi connectivity index (χ0n) is 9.65. The normalized spacial score (nSPS) is 10.8. The number of carbonyl (C=O) groups is 1. The number of halogens is 1. The molecular formula is C13H8ClN3O2. The van der Waals surface area contributed by atoms with E-state index in [1.807, 2.05) is 30.3 Å². The van der Waals surface area contributed by atoms with Gasteiger partial charge in [0.15, 0.2) is 5.65 Å². The molecule has 19 heavy (non-hydrogen) atoms. The molecule has 0 bridgehead atoms. The molecule has 0 atom stereocenters. The molecule has 0 aliphatic heterocycles. The largest absolute Gasteiger partial charge is 0.285 e. The van der Waals surface area contributed by atoms with Gasteiger partial charge < -0.3 is 0 Å². The predicted molar refractivity (Wildman–Crippen MR) is 71.0 cm³/mol. The van der Waals surface area contributed by atoms with Gasteiger partial charge in [0.1, 0.15) is 5.56 Å². The molecular weight excluding hydrogens is 266 g/mol. The molecule has 0 saturated carbocycles. The van der Waals surface area contributed by atoms with E-state index in [0.29, 0.717) is 5.65 Å². The smallest absolute Gasteiger partial charge is 0.275 e. The fraction of sp³-hybridized carbons (Fsp3) is 0. The van der Waals surface area contributed by atoms with E-state index in [9.17, 15) is 9.59 Å². The van der Waals surface area contributed by atoms with E-state index in [1.165, 1.54) is 10.7 Å². The number of benzene rings is 1. The number of hydrogen-bond acceptors (Lipinski definition) is 3. The van der Waals surface area contributed by atoms with Crippen molar-refractivity contribution in [2.75, 3.05) is 0 Å². The molecule has 5 nitrogen and oxygen atoms in total. The summed E-state index contributed by atoms with van der Waals surface area (Å²) in [4.78, 5) is 27.5. The maximum atomic E-state index is 12.2. The van der Waals surface area contributed by atoms with Crippen molar-refractivity contribution in [2.45, 2.75) is 0 Å². The van der Waals surface area contributed by atoms with Crippen molar-refractivity contribution in [1.82, 2.24) is 14.2 Å². The molecule has 0 aliphatic rings. The number of aromatic nitrogens is 3. The molecule has 2 heterocycles. The van der Waals surface area contributed by atoms with Crippen LogP contribution in [0.5, 0.6) is 0 Å². The molecule has 3 aromatic rings. The summed E-state index contributed by atoms with van der Waals surface area (Å²) < 4.78 is 2.93. The summed E-state index contributed by atoms with van der Waals surface area (Å²) in [6.07, 6.45) is 2.91. The SMILES string of the molecule is O=C(Cl)c1cnc2ccn(-c3ccccc3)n2c1=O. The van der Waals surface area contributed by atoms with Crippen molar-refractivity contribution < 1.29 is 4.79 Å². The average Bonchev–Trinajstić information content (AvgIpc) is 2.84. The summed E-state index contributed by atoms with van der Waals surface area (Å²) >= 11 is 5.37. The number of rotatable bonds is 2. The fourth-order valence-electron chi connectivity index (χ4n) is 1.90. The van der Waals surface area contributed by atoms with E-state index in [4.69, 9.17) is 11.6 Å². The van der Waals surface area contributed by atoms with E-state index in [1.54, 1.807) is 16.9 Å². The highest BCUT2D eigenvalue weighted by Crippen LogP contribution is 2.09. The standard InChI is InChI=1S/C13H8ClN3O2/c14-12(18)10-8-15-11-6-7-16(17(11)13(10)19)9-4-2-1-3-5-9/h1-8H. The lowest BCUT2D eigenvalue weighted by atomic mass is 10.3. The van der Waals surface area contributed by atoms with Gasteiger partial charge in [0.05, 0.1) is 5.69 Å². The van der Waals surface area contributed by atoms with Crippen LogP contribution in [0.15, 0.2) is 53.6 Å². The summed E-state index contributed by atoms with van der Waals surface area (Å²) in [5, 5.41) is -0.812. The van der Waals surface area contributed by atoms with Gasteiger partial charge in [0.25, 0.3) is 10.8 Å². The van der Waals surface area contributed by atoms with Gasteiger partial charge in [-0.3, -0.25) is 14.3 Å². The van der Waals surface area contributed by atoms with Crippen LogP contribution in [0.4, 0.5) is 0 Å². The molecule has 0 amide bonds. The van der Waals surface area contributed by atoms with E-state index in [2.05, 4.69) is 4.98 Å². The van der Waals surface area contributed by atoms with Crippen LogP contribution in [0.3, 0.4) is 0 Å². The first kappa shape index (κ1) is 11.7. The summed E-state index contributed by atoms with van der Waals surface area (Å²) in [7, 11) is 0. The van der Waals surface area contributed by atoms with Crippen molar-refractivity contribution in [2.24, 2.45) is 0 Å². The minimum absolute atomic E-state index is 0.143. The fourth-order valence-corrected chi connectivity index (χ4v) is 2.03. The first-order valence-electron chi connectivity index (χ1n) is 5.53. The predicted octanol–water partition coefficient (Wildman–Crippen LogP) is 1.86. The Balaban J connectivity index is 2.37. The van der Waals surface area contributed by atoms with Crippen molar-refractivity contribution >= 4 is 22.5 Å². The number of fused-ring (bicyclic) bond motifs is 1. The zero-order valence-corrected chi connectivity index (χ0v) is 10.4. The molecule has 0 saturated heterocycles. The average molecular weight is 274 g/mol. The molecule has 1 aromatic carbocycles. The van der Waals surface area contributed by atoms with Crippen LogP contribution in [-0.2, 0) is 0 Å². The highest BCUT2D eigenvalue weighted by Gasteiger charge is 2.13. The molecule has 0 unspecified atom stereocenters. The molecule has 0 radical (unpaired) electrons. The van der Waals surface area contributed by atoms with Crippen molar-refractivity contribution in [3.63, 3.8) is 0 Å². The molecule has 0 spiro atoms. The van der Waals surface area contributed by atoms with Crippen LogP contribution in [-0.4, -0.2) is 19.4 Å². The number of carbonyl (C=O) groups excluding carboxylic acids is 1. The topological polar surface area (TPSA) is 56.4 Å². The van der Waals surface area contributed by atoms with Crippen molar-refractivity contribution in [3.05, 3.63) is 64.7 Å². The third kappa shape index (κ3) is 1.84. The second-order valence-electron chi connectivity index (χ2n) is 3.92. The van der Waals surface area contributed by atoms with Crippen LogP contribution >= 0.6 is 11.6 Å². The Labute approximate surface area is 112 Å². The molecule has 94 valence electrons. The Hall–Kier alpha value is -2.40. The Kier molecular flexibility index (Phi) is 2.68. The van der Waals surface area contributed by atoms with Crippen LogP contribution in [0.25, 0.3) is 11.3 Å². The second-order valence-corrected chi connectivity index (χ2v) is 4.26. The minimum atomic E-state index is -0.812.